The number of Topliss-reactive ketones (excluding diaryl/α,β-unsaturated/α-hetero) is 2. The van der Waals surface area contributed by atoms with E-state index in [0.29, 0.717) is 62.6 Å². The van der Waals surface area contributed by atoms with Crippen molar-refractivity contribution < 1.29 is 58.2 Å². The molecule has 0 spiro atoms. The maximum absolute atomic E-state index is 14.5. The molecule has 0 aromatic heterocycles. The van der Waals surface area contributed by atoms with Gasteiger partial charge >= 0.3 is 5.97 Å². The third-order valence-corrected chi connectivity index (χ3v) is 14.1. The number of methoxy groups -OCH3 is 3. The van der Waals surface area contributed by atoms with E-state index in [2.05, 4.69) is 0 Å². The molecule has 5 rings (SSSR count). The number of amides is 1. The molecule has 2 saturated heterocycles. The van der Waals surface area contributed by atoms with Gasteiger partial charge in [0.1, 0.15) is 24.0 Å². The number of carbonyl (C=O) groups excluding carboxylic acids is 4. The van der Waals surface area contributed by atoms with Gasteiger partial charge in [-0.2, -0.15) is 0 Å². The van der Waals surface area contributed by atoms with Crippen molar-refractivity contribution in [3.63, 3.8) is 0 Å². The number of piperidine rings is 1. The van der Waals surface area contributed by atoms with E-state index in [4.69, 9.17) is 29.4 Å². The molecule has 4 aliphatic rings. The average Bonchev–Trinajstić information content (AvgIpc) is 3.27. The third-order valence-electron chi connectivity index (χ3n) is 14.1. The number of nitrogens with two attached hydrogens (primary N) is 1. The molecule has 1 aliphatic carbocycles. The molecule has 0 radical (unpaired) electrons. The van der Waals surface area contributed by atoms with Gasteiger partial charge < -0.3 is 49.6 Å². The van der Waals surface area contributed by atoms with Crippen LogP contribution >= 0.6 is 0 Å². The number of benzene rings is 1. The SMILES string of the molecule is CO[C@H]1C[C@@H](C)C/C(C)=C/[C@@H](C/C=C/c2ccccc2N)C(=O)C[C@H](O)[C@@H](C)[C@@H](/C(C)=C/[C@@H]2CC[C@@H](O)[C@H](OC)C2)OC(=O)[C@@H]2CCCCN2C(=O)C(=O)[C@]2(O)O[C@H]1[C@@H](OC)C[C@H]2C. The van der Waals surface area contributed by atoms with E-state index in [1.54, 1.807) is 21.0 Å². The lowest BCUT2D eigenvalue weighted by molar-refractivity contribution is -0.302. The van der Waals surface area contributed by atoms with Gasteiger partial charge in [0.2, 0.25) is 5.79 Å². The minimum Gasteiger partial charge on any atom is -0.456 e. The topological polar surface area (TPSA) is 204 Å². The molecular formula is C50H74N2O12. The van der Waals surface area contributed by atoms with Crippen LogP contribution in [-0.4, -0.2) is 126 Å². The van der Waals surface area contributed by atoms with Gasteiger partial charge in [0, 0.05) is 57.7 Å². The van der Waals surface area contributed by atoms with Crippen LogP contribution in [0.15, 0.2) is 53.6 Å². The van der Waals surface area contributed by atoms with E-state index < -0.39 is 83.9 Å². The molecule has 64 heavy (non-hydrogen) atoms. The fraction of sp³-hybridized carbons (Fsp3) is 0.680. The van der Waals surface area contributed by atoms with Crippen LogP contribution in [0.3, 0.4) is 0 Å². The van der Waals surface area contributed by atoms with Gasteiger partial charge in [-0.1, -0.05) is 68.8 Å². The fourth-order valence-corrected chi connectivity index (χ4v) is 10.2. The molecule has 1 aromatic rings. The number of cyclic esters (lactones) is 1. The molecule has 2 bridgehead atoms. The molecular weight excluding hydrogens is 821 g/mol. The molecule has 1 saturated carbocycles. The fourth-order valence-electron chi connectivity index (χ4n) is 10.2. The van der Waals surface area contributed by atoms with Crippen LogP contribution < -0.4 is 5.73 Å². The number of carbonyl (C=O) groups is 4. The Morgan fingerprint density at radius 3 is 2.28 bits per heavy atom. The number of nitrogen functional groups attached to an aromatic ring is 1. The highest BCUT2D eigenvalue weighted by molar-refractivity contribution is 6.39. The molecule has 3 heterocycles. The summed E-state index contributed by atoms with van der Waals surface area (Å²) < 4.78 is 30.0. The van der Waals surface area contributed by atoms with E-state index >= 15 is 0 Å². The van der Waals surface area contributed by atoms with E-state index in [-0.39, 0.29) is 49.5 Å². The standard InChI is InChI=1S/C50H74N2O12/c1-29-22-30(2)24-43(61-7)46-44(62-8)26-32(4)50(59,64-46)47(56)48(57)52-21-12-11-18-38(52)49(58)63-45(31(3)25-34-19-20-39(53)42(27-34)60-6)33(5)40(54)28-41(55)36(23-29)16-13-15-35-14-9-10-17-37(35)51/h9-10,13-15,17,23,25,30,32-34,36,38-40,42-46,53-54,59H,11-12,16,18-22,24,26-28,51H2,1-8H3/b15-13+,29-23+,31-25+/t30-,32+,33+,34-,36+,38-,39+,40-,42+,43-,44-,45+,46+,50+/m0/s1. The zero-order valence-electron chi connectivity index (χ0n) is 39.2. The molecule has 14 heteroatoms. The van der Waals surface area contributed by atoms with Crippen molar-refractivity contribution in [2.75, 3.05) is 33.6 Å². The molecule has 1 aromatic carbocycles. The van der Waals surface area contributed by atoms with Gasteiger partial charge in [0.25, 0.3) is 11.7 Å². The molecule has 14 atom stereocenters. The average molecular weight is 895 g/mol. The Morgan fingerprint density at radius 2 is 1.59 bits per heavy atom. The zero-order chi connectivity index (χ0) is 46.9. The smallest absolute Gasteiger partial charge is 0.329 e. The van der Waals surface area contributed by atoms with Crippen molar-refractivity contribution in [2.45, 2.75) is 160 Å². The number of ketones is 2. The summed E-state index contributed by atoms with van der Waals surface area (Å²) in [5.74, 6) is -8.00. The molecule has 14 nitrogen and oxygen atoms in total. The van der Waals surface area contributed by atoms with Crippen LogP contribution in [-0.2, 0) is 42.9 Å². The monoisotopic (exact) mass is 895 g/mol. The van der Waals surface area contributed by atoms with Crippen molar-refractivity contribution in [1.82, 2.24) is 4.90 Å². The molecule has 3 fully saturated rings. The minimum atomic E-state index is -2.53. The number of rotatable bonds is 8. The minimum absolute atomic E-state index is 0.0263. The first-order valence-electron chi connectivity index (χ1n) is 23.2. The highest BCUT2D eigenvalue weighted by Gasteiger charge is 2.56. The number of ether oxygens (including phenoxy) is 5. The summed E-state index contributed by atoms with van der Waals surface area (Å²) in [5.41, 5.74) is 9.23. The van der Waals surface area contributed by atoms with Crippen LogP contribution in [0.4, 0.5) is 5.69 Å². The summed E-state index contributed by atoms with van der Waals surface area (Å²) >= 11 is 0. The highest BCUT2D eigenvalue weighted by Crippen LogP contribution is 2.39. The predicted octanol–water partition coefficient (Wildman–Crippen LogP) is 5.75. The first-order valence-corrected chi connectivity index (χ1v) is 23.2. The number of hydrogen-bond acceptors (Lipinski definition) is 13. The second-order valence-electron chi connectivity index (χ2n) is 19.0. The quantitative estimate of drug-likeness (QED) is 0.106. The van der Waals surface area contributed by atoms with Crippen LogP contribution in [0, 0.1) is 29.6 Å². The summed E-state index contributed by atoms with van der Waals surface area (Å²) in [6.45, 7) is 9.26. The molecule has 5 N–H and O–H groups in total. The van der Waals surface area contributed by atoms with Gasteiger partial charge in [-0.05, 0) is 107 Å². The van der Waals surface area contributed by atoms with Crippen molar-refractivity contribution >= 4 is 35.2 Å². The summed E-state index contributed by atoms with van der Waals surface area (Å²) in [6, 6.07) is 6.30. The number of hydrogen-bond donors (Lipinski definition) is 4. The summed E-state index contributed by atoms with van der Waals surface area (Å²) in [6.07, 6.45) is 6.69. The molecule has 356 valence electrons. The lowest BCUT2D eigenvalue weighted by Gasteiger charge is -2.47. The van der Waals surface area contributed by atoms with Crippen molar-refractivity contribution in [3.8, 4) is 0 Å². The zero-order valence-corrected chi connectivity index (χ0v) is 39.2. The first kappa shape index (κ1) is 51.2. The lowest BCUT2D eigenvalue weighted by atomic mass is 9.81. The van der Waals surface area contributed by atoms with Gasteiger partial charge in [-0.3, -0.25) is 14.4 Å². The van der Waals surface area contributed by atoms with E-state index in [9.17, 15) is 34.5 Å². The number of aliphatic hydroxyl groups is 3. The molecule has 1 amide bonds. The third kappa shape index (κ3) is 12.4. The van der Waals surface area contributed by atoms with Crippen molar-refractivity contribution in [1.29, 1.82) is 0 Å². The largest absolute Gasteiger partial charge is 0.456 e. The Balaban J connectivity index is 1.56. The second kappa shape index (κ2) is 23.1. The van der Waals surface area contributed by atoms with Crippen molar-refractivity contribution in [2.24, 2.45) is 29.6 Å². The maximum Gasteiger partial charge on any atom is 0.329 e. The number of nitrogens with zero attached hydrogens (tertiary/aromatic N) is 1. The van der Waals surface area contributed by atoms with Crippen LogP contribution in [0.1, 0.15) is 111 Å². The van der Waals surface area contributed by atoms with Gasteiger partial charge in [-0.15, -0.1) is 0 Å². The molecule has 0 unspecified atom stereocenters. The highest BCUT2D eigenvalue weighted by atomic mass is 16.7. The van der Waals surface area contributed by atoms with Crippen LogP contribution in [0.25, 0.3) is 6.08 Å². The predicted molar refractivity (Wildman–Crippen MR) is 242 cm³/mol. The van der Waals surface area contributed by atoms with E-state index in [1.807, 2.05) is 69.3 Å². The Kier molecular flexibility index (Phi) is 18.5. The normalized spacial score (nSPS) is 37.9. The summed E-state index contributed by atoms with van der Waals surface area (Å²) in [4.78, 5) is 58.7. The Bertz CT molecular complexity index is 1860. The number of anilines is 1. The number of esters is 1. The number of para-hydroxylation sites is 1. The summed E-state index contributed by atoms with van der Waals surface area (Å²) in [5, 5.41) is 34.6. The Labute approximate surface area is 379 Å². The Morgan fingerprint density at radius 1 is 0.906 bits per heavy atom. The lowest BCUT2D eigenvalue weighted by Crippen LogP contribution is -2.64. The Hall–Kier alpha value is -3.76. The number of aliphatic hydroxyl groups excluding tert-OH is 2. The van der Waals surface area contributed by atoms with Crippen LogP contribution in [0.5, 0.6) is 0 Å². The van der Waals surface area contributed by atoms with Crippen LogP contribution in [0.2, 0.25) is 0 Å². The summed E-state index contributed by atoms with van der Waals surface area (Å²) in [7, 11) is 4.61. The van der Waals surface area contributed by atoms with Gasteiger partial charge in [0.05, 0.1) is 30.5 Å². The number of fused-ring (bicyclic) bond motifs is 3. The van der Waals surface area contributed by atoms with E-state index in [1.165, 1.54) is 19.1 Å². The second-order valence-corrected chi connectivity index (χ2v) is 19.0. The first-order chi connectivity index (χ1) is 30.4. The van der Waals surface area contributed by atoms with Gasteiger partial charge in [0.15, 0.2) is 0 Å². The van der Waals surface area contributed by atoms with E-state index in [0.717, 1.165) is 11.1 Å². The van der Waals surface area contributed by atoms with Gasteiger partial charge in [-0.25, -0.2) is 4.79 Å². The number of allylic oxidation sites excluding steroid dienone is 4. The molecule has 3 aliphatic heterocycles. The van der Waals surface area contributed by atoms with Crippen molar-refractivity contribution in [3.05, 3.63) is 59.2 Å². The maximum atomic E-state index is 14.5.